The quantitative estimate of drug-likeness (QED) is 0.394. The van der Waals surface area contributed by atoms with Crippen LogP contribution in [0.2, 0.25) is 0 Å². The van der Waals surface area contributed by atoms with Crippen LogP contribution < -0.4 is 4.57 Å². The van der Waals surface area contributed by atoms with Crippen LogP contribution in [0, 0.1) is 0 Å². The summed E-state index contributed by atoms with van der Waals surface area (Å²) in [4.78, 5) is 4.92. The molecular weight excluding hydrogens is 324 g/mol. The SMILES string of the molecule is c1ccc(-[n+]2ccc(-c3nc4c(ccc5ccccc54)s3)cc2)cc1. The van der Waals surface area contributed by atoms with E-state index < -0.39 is 0 Å². The maximum Gasteiger partial charge on any atom is 0.210 e. The highest BCUT2D eigenvalue weighted by Gasteiger charge is 2.11. The molecule has 2 heterocycles. The van der Waals surface area contributed by atoms with E-state index in [-0.39, 0.29) is 0 Å². The van der Waals surface area contributed by atoms with Crippen molar-refractivity contribution in [2.45, 2.75) is 0 Å². The Morgan fingerprint density at radius 3 is 2.32 bits per heavy atom. The van der Waals surface area contributed by atoms with E-state index >= 15 is 0 Å². The molecule has 0 saturated heterocycles. The third-order valence-electron chi connectivity index (χ3n) is 4.41. The van der Waals surface area contributed by atoms with Crippen LogP contribution in [0.5, 0.6) is 0 Å². The van der Waals surface area contributed by atoms with Crippen molar-refractivity contribution in [1.82, 2.24) is 4.98 Å². The second kappa shape index (κ2) is 5.80. The summed E-state index contributed by atoms with van der Waals surface area (Å²) in [6.45, 7) is 0. The molecular formula is C22H15N2S+. The number of nitrogens with zero attached hydrogens (tertiary/aromatic N) is 2. The van der Waals surface area contributed by atoms with Gasteiger partial charge in [0.25, 0.3) is 0 Å². The predicted molar refractivity (Wildman–Crippen MR) is 104 cm³/mol. The second-order valence-corrected chi connectivity index (χ2v) is 7.01. The van der Waals surface area contributed by atoms with Gasteiger partial charge in [-0.05, 0) is 11.5 Å². The lowest BCUT2D eigenvalue weighted by Gasteiger charge is -1.97. The summed E-state index contributed by atoms with van der Waals surface area (Å²) in [5, 5.41) is 3.52. The lowest BCUT2D eigenvalue weighted by molar-refractivity contribution is -0.595. The molecule has 118 valence electrons. The van der Waals surface area contributed by atoms with Crippen LogP contribution in [0.3, 0.4) is 0 Å². The molecule has 5 rings (SSSR count). The Balaban J connectivity index is 1.60. The van der Waals surface area contributed by atoms with Gasteiger partial charge in [-0.25, -0.2) is 4.98 Å². The number of hydrogen-bond donors (Lipinski definition) is 0. The highest BCUT2D eigenvalue weighted by atomic mass is 32.1. The fourth-order valence-corrected chi connectivity index (χ4v) is 4.11. The zero-order valence-corrected chi connectivity index (χ0v) is 14.3. The first-order chi connectivity index (χ1) is 12.4. The predicted octanol–water partition coefficient (Wildman–Crippen LogP) is 5.39. The van der Waals surface area contributed by atoms with E-state index in [2.05, 4.69) is 89.8 Å². The average Bonchev–Trinajstić information content (AvgIpc) is 3.14. The van der Waals surface area contributed by atoms with E-state index in [1.807, 2.05) is 6.07 Å². The number of hydrogen-bond acceptors (Lipinski definition) is 2. The molecule has 3 heteroatoms. The van der Waals surface area contributed by atoms with Gasteiger partial charge in [0.05, 0.1) is 10.2 Å². The zero-order chi connectivity index (χ0) is 16.6. The standard InChI is InChI=1S/C22H15N2S/c1-2-7-18(8-3-1)24-14-12-17(13-15-24)22-23-21-19-9-5-4-6-16(19)10-11-20(21)25-22/h1-15H/q+1. The minimum absolute atomic E-state index is 1.06. The Morgan fingerprint density at radius 2 is 1.48 bits per heavy atom. The summed E-state index contributed by atoms with van der Waals surface area (Å²) in [5.74, 6) is 0. The molecule has 0 aliphatic heterocycles. The van der Waals surface area contributed by atoms with E-state index in [0.29, 0.717) is 0 Å². The Hall–Kier alpha value is -3.04. The molecule has 0 saturated carbocycles. The average molecular weight is 339 g/mol. The van der Waals surface area contributed by atoms with Crippen molar-refractivity contribution in [2.24, 2.45) is 0 Å². The maximum absolute atomic E-state index is 4.92. The van der Waals surface area contributed by atoms with Gasteiger partial charge in [0, 0.05) is 35.2 Å². The molecule has 5 aromatic rings. The van der Waals surface area contributed by atoms with Crippen LogP contribution in [-0.4, -0.2) is 4.98 Å². The van der Waals surface area contributed by atoms with Crippen LogP contribution in [0.1, 0.15) is 0 Å². The summed E-state index contributed by atoms with van der Waals surface area (Å²) in [5.41, 5.74) is 3.40. The molecule has 0 radical (unpaired) electrons. The number of pyridine rings is 1. The summed E-state index contributed by atoms with van der Waals surface area (Å²) < 4.78 is 3.35. The van der Waals surface area contributed by atoms with Gasteiger partial charge in [-0.1, -0.05) is 48.5 Å². The van der Waals surface area contributed by atoms with E-state index in [1.165, 1.54) is 15.5 Å². The number of fused-ring (bicyclic) bond motifs is 3. The van der Waals surface area contributed by atoms with E-state index in [0.717, 1.165) is 21.8 Å². The minimum Gasteiger partial charge on any atom is -0.235 e. The van der Waals surface area contributed by atoms with E-state index in [1.54, 1.807) is 11.3 Å². The van der Waals surface area contributed by atoms with E-state index in [9.17, 15) is 0 Å². The van der Waals surface area contributed by atoms with Crippen LogP contribution in [0.15, 0.2) is 91.3 Å². The van der Waals surface area contributed by atoms with Crippen molar-refractivity contribution in [3.05, 3.63) is 91.3 Å². The summed E-state index contributed by atoms with van der Waals surface area (Å²) in [7, 11) is 0. The topological polar surface area (TPSA) is 16.8 Å². The first-order valence-corrected chi connectivity index (χ1v) is 9.05. The lowest BCUT2D eigenvalue weighted by atomic mass is 10.1. The Kier molecular flexibility index (Phi) is 3.32. The number of rotatable bonds is 2. The van der Waals surface area contributed by atoms with Crippen molar-refractivity contribution < 1.29 is 4.57 Å². The van der Waals surface area contributed by atoms with Crippen molar-refractivity contribution >= 4 is 32.3 Å². The van der Waals surface area contributed by atoms with Gasteiger partial charge in [0.15, 0.2) is 12.4 Å². The van der Waals surface area contributed by atoms with Crippen molar-refractivity contribution in [2.75, 3.05) is 0 Å². The van der Waals surface area contributed by atoms with Crippen LogP contribution in [-0.2, 0) is 0 Å². The third-order valence-corrected chi connectivity index (χ3v) is 5.48. The molecule has 0 aliphatic carbocycles. The van der Waals surface area contributed by atoms with Gasteiger partial charge in [0.1, 0.15) is 5.01 Å². The second-order valence-electron chi connectivity index (χ2n) is 5.98. The monoisotopic (exact) mass is 339 g/mol. The molecule has 25 heavy (non-hydrogen) atoms. The number of aromatic nitrogens is 2. The summed E-state index contributed by atoms with van der Waals surface area (Å²) in [6, 6.07) is 27.4. The van der Waals surface area contributed by atoms with Gasteiger partial charge in [-0.15, -0.1) is 11.3 Å². The number of thiazole rings is 1. The van der Waals surface area contributed by atoms with E-state index in [4.69, 9.17) is 4.98 Å². The fraction of sp³-hybridized carbons (Fsp3) is 0. The van der Waals surface area contributed by atoms with Gasteiger partial charge >= 0.3 is 0 Å². The third kappa shape index (κ3) is 2.49. The smallest absolute Gasteiger partial charge is 0.210 e. The lowest BCUT2D eigenvalue weighted by Crippen LogP contribution is -2.28. The maximum atomic E-state index is 4.92. The van der Waals surface area contributed by atoms with Gasteiger partial charge in [0.2, 0.25) is 5.69 Å². The summed E-state index contributed by atoms with van der Waals surface area (Å²) >= 11 is 1.75. The number of para-hydroxylation sites is 1. The molecule has 2 aromatic heterocycles. The molecule has 0 unspecified atom stereocenters. The Morgan fingerprint density at radius 1 is 0.720 bits per heavy atom. The highest BCUT2D eigenvalue weighted by molar-refractivity contribution is 7.21. The van der Waals surface area contributed by atoms with Crippen molar-refractivity contribution in [3.8, 4) is 16.3 Å². The van der Waals surface area contributed by atoms with Crippen molar-refractivity contribution in [1.29, 1.82) is 0 Å². The van der Waals surface area contributed by atoms with Crippen LogP contribution in [0.4, 0.5) is 0 Å². The minimum atomic E-state index is 1.06. The van der Waals surface area contributed by atoms with Crippen LogP contribution in [0.25, 0.3) is 37.2 Å². The normalized spacial score (nSPS) is 11.2. The molecule has 0 N–H and O–H groups in total. The molecule has 0 atom stereocenters. The molecule has 0 bridgehead atoms. The molecule has 0 amide bonds. The largest absolute Gasteiger partial charge is 0.235 e. The first kappa shape index (κ1) is 14.3. The van der Waals surface area contributed by atoms with Gasteiger partial charge in [-0.2, -0.15) is 4.57 Å². The van der Waals surface area contributed by atoms with Gasteiger partial charge < -0.3 is 0 Å². The van der Waals surface area contributed by atoms with Crippen LogP contribution >= 0.6 is 11.3 Å². The fourth-order valence-electron chi connectivity index (χ4n) is 3.13. The molecule has 3 aromatic carbocycles. The summed E-state index contributed by atoms with van der Waals surface area (Å²) in [6.07, 6.45) is 4.18. The highest BCUT2D eigenvalue weighted by Crippen LogP contribution is 2.33. The Labute approximate surface area is 149 Å². The zero-order valence-electron chi connectivity index (χ0n) is 13.5. The molecule has 0 spiro atoms. The van der Waals surface area contributed by atoms with Gasteiger partial charge in [-0.3, -0.25) is 0 Å². The molecule has 2 nitrogen and oxygen atoms in total. The Bertz CT molecular complexity index is 1180. The molecule has 0 aliphatic rings. The van der Waals surface area contributed by atoms with Crippen molar-refractivity contribution in [3.63, 3.8) is 0 Å². The molecule has 0 fully saturated rings. The first-order valence-electron chi connectivity index (χ1n) is 8.24. The number of benzene rings is 3.